The van der Waals surface area contributed by atoms with Gasteiger partial charge in [-0.2, -0.15) is 0 Å². The van der Waals surface area contributed by atoms with Crippen molar-refractivity contribution in [2.24, 2.45) is 23.7 Å². The number of aliphatic hydroxyl groups excluding tert-OH is 1. The Morgan fingerprint density at radius 2 is 0.429 bits per heavy atom. The minimum absolute atomic E-state index is 0.106. The molecule has 19 heteroatoms. The smallest absolute Gasteiger partial charge is 0.462 e. The van der Waals surface area contributed by atoms with E-state index in [2.05, 4.69) is 55.4 Å². The summed E-state index contributed by atoms with van der Waals surface area (Å²) in [5, 5.41) is 10.6. The Morgan fingerprint density at radius 1 is 0.255 bits per heavy atom. The summed E-state index contributed by atoms with van der Waals surface area (Å²) < 4.78 is 68.6. The first-order valence-corrected chi connectivity index (χ1v) is 43.7. The molecule has 0 aliphatic carbocycles. The number of ether oxygens (including phenoxy) is 4. The molecule has 0 fully saturated rings. The lowest BCUT2D eigenvalue weighted by Crippen LogP contribution is -2.30. The Labute approximate surface area is 600 Å². The molecule has 0 aromatic carbocycles. The van der Waals surface area contributed by atoms with Gasteiger partial charge in [-0.05, 0) is 49.4 Å². The predicted octanol–water partition coefficient (Wildman–Crippen LogP) is 23.2. The summed E-state index contributed by atoms with van der Waals surface area (Å²) in [7, 11) is -9.92. The van der Waals surface area contributed by atoms with Crippen molar-refractivity contribution in [2.75, 3.05) is 39.6 Å². The van der Waals surface area contributed by atoms with Crippen LogP contribution in [0.15, 0.2) is 0 Å². The third kappa shape index (κ3) is 72.4. The topological polar surface area (TPSA) is 237 Å². The maximum absolute atomic E-state index is 13.1. The van der Waals surface area contributed by atoms with Gasteiger partial charge in [0, 0.05) is 25.7 Å². The van der Waals surface area contributed by atoms with Gasteiger partial charge in [-0.15, -0.1) is 0 Å². The van der Waals surface area contributed by atoms with E-state index in [0.29, 0.717) is 31.6 Å². The average molecular weight is 1440 g/mol. The van der Waals surface area contributed by atoms with Crippen LogP contribution in [0.5, 0.6) is 0 Å². The molecule has 0 saturated heterocycles. The van der Waals surface area contributed by atoms with Gasteiger partial charge in [0.05, 0.1) is 26.4 Å². The monoisotopic (exact) mass is 1440 g/mol. The van der Waals surface area contributed by atoms with Gasteiger partial charge in [-0.3, -0.25) is 37.3 Å². The fourth-order valence-electron chi connectivity index (χ4n) is 12.1. The van der Waals surface area contributed by atoms with E-state index in [0.717, 1.165) is 114 Å². The van der Waals surface area contributed by atoms with Crippen molar-refractivity contribution in [3.8, 4) is 0 Å². The Kier molecular flexibility index (Phi) is 66.8. The van der Waals surface area contributed by atoms with Gasteiger partial charge in [0.25, 0.3) is 0 Å². The largest absolute Gasteiger partial charge is 0.472 e. The summed E-state index contributed by atoms with van der Waals surface area (Å²) in [6, 6.07) is 0. The van der Waals surface area contributed by atoms with Crippen molar-refractivity contribution in [3.63, 3.8) is 0 Å². The van der Waals surface area contributed by atoms with Crippen LogP contribution in [-0.2, 0) is 65.4 Å². The minimum Gasteiger partial charge on any atom is -0.462 e. The fraction of sp³-hybridized carbons (Fsp3) is 0.949. The molecule has 0 bridgehead atoms. The molecule has 0 aromatic heterocycles. The molecule has 98 heavy (non-hydrogen) atoms. The van der Waals surface area contributed by atoms with Crippen molar-refractivity contribution in [1.82, 2.24) is 0 Å². The third-order valence-corrected chi connectivity index (χ3v) is 20.2. The standard InChI is InChI=1S/C79H154O17P2/c1-69(2)55-47-39-31-24-18-13-10-9-11-15-21-28-36-45-53-61-78(83)95-74(65-89-76(81)59-51-43-35-27-23-17-20-26-33-41-49-57-71(5)6)67-93-97(85,86)91-63-73(80)64-92-98(87,88)94-68-75(66-90-77(82)60-52-44-38-30-34-42-50-58-72(7)8)96-79(84)62-54-46-37-29-22-16-12-14-19-25-32-40-48-56-70(3)4/h69-75,80H,9-68H2,1-8H3,(H,85,86)(H,87,88)/t73?,74-,75-/m1/s1. The number of hydrogen-bond acceptors (Lipinski definition) is 15. The number of phosphoric acid groups is 2. The average Bonchev–Trinajstić information content (AvgIpc) is 1.14. The molecule has 0 amide bonds. The number of carbonyl (C=O) groups excluding carboxylic acids is 4. The highest BCUT2D eigenvalue weighted by molar-refractivity contribution is 7.47. The second-order valence-corrected chi connectivity index (χ2v) is 33.3. The number of rotatable bonds is 76. The highest BCUT2D eigenvalue weighted by atomic mass is 31.2. The van der Waals surface area contributed by atoms with E-state index in [4.69, 9.17) is 37.0 Å². The molecule has 0 radical (unpaired) electrons. The lowest BCUT2D eigenvalue weighted by atomic mass is 10.0. The second-order valence-electron chi connectivity index (χ2n) is 30.4. The van der Waals surface area contributed by atoms with Crippen LogP contribution in [0, 0.1) is 23.7 Å². The first-order valence-electron chi connectivity index (χ1n) is 40.7. The first kappa shape index (κ1) is 96.1. The van der Waals surface area contributed by atoms with Crippen molar-refractivity contribution in [1.29, 1.82) is 0 Å². The Bertz CT molecular complexity index is 1920. The molecule has 17 nitrogen and oxygen atoms in total. The lowest BCUT2D eigenvalue weighted by molar-refractivity contribution is -0.161. The molecule has 0 spiro atoms. The van der Waals surface area contributed by atoms with Crippen LogP contribution >= 0.6 is 15.6 Å². The second kappa shape index (κ2) is 68.2. The molecule has 3 unspecified atom stereocenters. The number of unbranched alkanes of at least 4 members (excludes halogenated alkanes) is 42. The number of aliphatic hydroxyl groups is 1. The molecule has 5 atom stereocenters. The SMILES string of the molecule is CC(C)CCCCCCCCCCCCCCCCCC(=O)O[C@H](COC(=O)CCCCCCCCCCCCCC(C)C)COP(=O)(O)OCC(O)COP(=O)(O)OC[C@@H](COC(=O)CCCCCCCCCC(C)C)OC(=O)CCCCCCCCCCCCCCCC(C)C. The zero-order chi connectivity index (χ0) is 72.4. The fourth-order valence-corrected chi connectivity index (χ4v) is 13.7. The quantitative estimate of drug-likeness (QED) is 0.0222. The number of esters is 4. The molecule has 582 valence electrons. The van der Waals surface area contributed by atoms with Gasteiger partial charge in [-0.1, -0.05) is 351 Å². The van der Waals surface area contributed by atoms with Gasteiger partial charge in [0.2, 0.25) is 0 Å². The summed E-state index contributed by atoms with van der Waals surface area (Å²) in [4.78, 5) is 72.9. The van der Waals surface area contributed by atoms with Crippen molar-refractivity contribution < 1.29 is 80.2 Å². The van der Waals surface area contributed by atoms with Gasteiger partial charge in [0.15, 0.2) is 12.2 Å². The van der Waals surface area contributed by atoms with Gasteiger partial charge in [-0.25, -0.2) is 9.13 Å². The molecule has 0 saturated carbocycles. The predicted molar refractivity (Wildman–Crippen MR) is 400 cm³/mol. The summed E-state index contributed by atoms with van der Waals surface area (Å²) in [5.74, 6) is 0.949. The molecule has 0 rings (SSSR count). The number of phosphoric ester groups is 2. The Hall–Kier alpha value is -1.94. The van der Waals surface area contributed by atoms with Gasteiger partial charge in [0.1, 0.15) is 19.3 Å². The summed E-state index contributed by atoms with van der Waals surface area (Å²) in [6.07, 6.45) is 54.1. The highest BCUT2D eigenvalue weighted by Gasteiger charge is 2.30. The molecule has 0 heterocycles. The lowest BCUT2D eigenvalue weighted by Gasteiger charge is -2.21. The molecule has 3 N–H and O–H groups in total. The van der Waals surface area contributed by atoms with E-state index in [9.17, 15) is 43.2 Å². The Morgan fingerprint density at radius 3 is 0.633 bits per heavy atom. The van der Waals surface area contributed by atoms with Crippen LogP contribution in [0.3, 0.4) is 0 Å². The number of carbonyl (C=O) groups is 4. The molecule has 0 aliphatic heterocycles. The summed E-state index contributed by atoms with van der Waals surface area (Å²) >= 11 is 0. The van der Waals surface area contributed by atoms with Crippen molar-refractivity contribution >= 4 is 39.5 Å². The van der Waals surface area contributed by atoms with Crippen LogP contribution in [0.2, 0.25) is 0 Å². The highest BCUT2D eigenvalue weighted by Crippen LogP contribution is 2.45. The van der Waals surface area contributed by atoms with E-state index in [-0.39, 0.29) is 25.7 Å². The van der Waals surface area contributed by atoms with E-state index in [1.54, 1.807) is 0 Å². The maximum atomic E-state index is 13.1. The van der Waals surface area contributed by atoms with Crippen molar-refractivity contribution in [3.05, 3.63) is 0 Å². The Balaban J connectivity index is 5.25. The maximum Gasteiger partial charge on any atom is 0.472 e. The first-order chi connectivity index (χ1) is 47.1. The molecular weight excluding hydrogens is 1280 g/mol. The molecular formula is C79H154O17P2. The zero-order valence-electron chi connectivity index (χ0n) is 64.4. The van der Waals surface area contributed by atoms with Crippen LogP contribution < -0.4 is 0 Å². The molecule has 0 aliphatic rings. The normalized spacial score (nSPS) is 14.1. The summed E-state index contributed by atoms with van der Waals surface area (Å²) in [5.41, 5.74) is 0. The van der Waals surface area contributed by atoms with Crippen LogP contribution in [0.25, 0.3) is 0 Å². The van der Waals surface area contributed by atoms with E-state index in [1.807, 2.05) is 0 Å². The number of hydrogen-bond donors (Lipinski definition) is 3. The van der Waals surface area contributed by atoms with Crippen LogP contribution in [0.1, 0.15) is 402 Å². The van der Waals surface area contributed by atoms with E-state index >= 15 is 0 Å². The summed E-state index contributed by atoms with van der Waals surface area (Å²) in [6.45, 7) is 14.2. The van der Waals surface area contributed by atoms with Gasteiger partial charge < -0.3 is 33.8 Å². The van der Waals surface area contributed by atoms with Crippen LogP contribution in [-0.4, -0.2) is 96.7 Å². The van der Waals surface area contributed by atoms with E-state index in [1.165, 1.54) is 199 Å². The third-order valence-electron chi connectivity index (χ3n) is 18.3. The van der Waals surface area contributed by atoms with Crippen LogP contribution in [0.4, 0.5) is 0 Å². The zero-order valence-corrected chi connectivity index (χ0v) is 66.2. The molecule has 0 aromatic rings. The van der Waals surface area contributed by atoms with Crippen molar-refractivity contribution in [2.45, 2.75) is 420 Å². The van der Waals surface area contributed by atoms with Gasteiger partial charge >= 0.3 is 39.5 Å². The minimum atomic E-state index is -4.96. The van der Waals surface area contributed by atoms with E-state index < -0.39 is 97.5 Å².